The summed E-state index contributed by atoms with van der Waals surface area (Å²) in [5.74, 6) is -3.32. The second-order valence-electron chi connectivity index (χ2n) is 1.51. The predicted molar refractivity (Wildman–Crippen MR) is 44.0 cm³/mol. The first-order chi connectivity index (χ1) is 5.54. The van der Waals surface area contributed by atoms with Gasteiger partial charge in [-0.25, -0.2) is 4.39 Å². The van der Waals surface area contributed by atoms with Crippen molar-refractivity contribution in [2.45, 2.75) is 12.8 Å². The molecule has 0 aromatic rings. The molecule has 0 aliphatic rings. The van der Waals surface area contributed by atoms with E-state index in [1.165, 1.54) is 0 Å². The molecule has 4 heteroatoms. The van der Waals surface area contributed by atoms with Gasteiger partial charge in [-0.15, -0.1) is 6.58 Å². The van der Waals surface area contributed by atoms with E-state index < -0.39 is 12.6 Å². The minimum Gasteiger partial charge on any atom is -0.255 e. The van der Waals surface area contributed by atoms with Gasteiger partial charge in [0, 0.05) is 0 Å². The topological polar surface area (TPSA) is 0 Å². The molecule has 0 saturated carbocycles. The molecule has 0 nitrogen and oxygen atoms in total. The van der Waals surface area contributed by atoms with Gasteiger partial charge in [-0.05, 0) is 13.0 Å². The van der Waals surface area contributed by atoms with E-state index in [1.54, 1.807) is 6.08 Å². The van der Waals surface area contributed by atoms with Crippen molar-refractivity contribution in [3.8, 4) is 0 Å². The summed E-state index contributed by atoms with van der Waals surface area (Å²) in [7, 11) is 0.500. The Morgan fingerprint density at radius 3 is 1.50 bits per heavy atom. The van der Waals surface area contributed by atoms with E-state index in [9.17, 15) is 17.6 Å². The number of hydrogen-bond donors (Lipinski definition) is 0. The maximum atomic E-state index is 11.4. The van der Waals surface area contributed by atoms with Gasteiger partial charge in [0.1, 0.15) is 0 Å². The molecule has 0 saturated heterocycles. The first-order valence-corrected chi connectivity index (χ1v) is 3.06. The Labute approximate surface area is 70.6 Å². The summed E-state index contributed by atoms with van der Waals surface area (Å²) in [6.07, 6.45) is 2.03. The molecule has 0 aromatic heterocycles. The van der Waals surface area contributed by atoms with Crippen molar-refractivity contribution in [1.82, 2.24) is 0 Å². The molecule has 0 bridgehead atoms. The highest BCUT2D eigenvalue weighted by atomic mass is 19.3. The van der Waals surface area contributed by atoms with Gasteiger partial charge in [0.2, 0.25) is 0 Å². The molecule has 0 amide bonds. The van der Waals surface area contributed by atoms with E-state index in [2.05, 4.69) is 13.2 Å². The Bertz CT molecular complexity index is 99.2. The number of allylic oxidation sites excluding steroid dienone is 2. The summed E-state index contributed by atoms with van der Waals surface area (Å²) in [6.45, 7) is 6.31. The fourth-order valence-corrected chi connectivity index (χ4v) is 0.0546. The number of hydrogen-bond acceptors (Lipinski definition) is 0. The van der Waals surface area contributed by atoms with Crippen LogP contribution in [0.4, 0.5) is 17.6 Å². The largest absolute Gasteiger partial charge is 0.294 e. The van der Waals surface area contributed by atoms with Crippen LogP contribution in [0.5, 0.6) is 0 Å². The van der Waals surface area contributed by atoms with E-state index in [0.717, 1.165) is 0 Å². The second-order valence-corrected chi connectivity index (χ2v) is 1.51. The zero-order chi connectivity index (χ0) is 10.6. The molecule has 0 spiro atoms. The van der Waals surface area contributed by atoms with Crippen molar-refractivity contribution in [2.24, 2.45) is 0 Å². The van der Waals surface area contributed by atoms with Crippen molar-refractivity contribution in [2.75, 3.05) is 13.9 Å². The first-order valence-electron chi connectivity index (χ1n) is 3.06. The van der Waals surface area contributed by atoms with Crippen LogP contribution in [0.1, 0.15) is 6.92 Å². The zero-order valence-electron chi connectivity index (χ0n) is 7.29. The van der Waals surface area contributed by atoms with E-state index in [0.29, 0.717) is 7.18 Å². The average Bonchev–Trinajstić information content (AvgIpc) is 2.10. The molecule has 0 radical (unpaired) electrons. The Morgan fingerprint density at radius 2 is 1.50 bits per heavy atom. The summed E-state index contributed by atoms with van der Waals surface area (Å²) in [4.78, 5) is 0. The minimum absolute atomic E-state index is 0.285. The van der Waals surface area contributed by atoms with Gasteiger partial charge in [0.05, 0.1) is 7.18 Å². The molecule has 0 N–H and O–H groups in total. The predicted octanol–water partition coefficient (Wildman–Crippen LogP) is 3.56. The summed E-state index contributed by atoms with van der Waals surface area (Å²) >= 11 is 0. The molecule has 0 heterocycles. The monoisotopic (exact) mass is 186 g/mol. The number of halogens is 4. The number of rotatable bonds is 2. The van der Waals surface area contributed by atoms with Gasteiger partial charge >= 0.3 is 0 Å². The van der Waals surface area contributed by atoms with Gasteiger partial charge in [-0.1, -0.05) is 12.7 Å². The molecule has 0 rings (SSSR count). The molecule has 0 aromatic carbocycles. The highest BCUT2D eigenvalue weighted by Gasteiger charge is 2.22. The SMILES string of the molecule is C=CC.C=CC(F)(F)CF.CF. The molecule has 0 atom stereocenters. The Balaban J connectivity index is -0.000000137. The lowest BCUT2D eigenvalue weighted by atomic mass is 10.4. The summed E-state index contributed by atoms with van der Waals surface area (Å²) in [6, 6.07) is 0. The van der Waals surface area contributed by atoms with Crippen LogP contribution in [-0.2, 0) is 0 Å². The molecular formula is C8H14F4. The van der Waals surface area contributed by atoms with Gasteiger partial charge < -0.3 is 0 Å². The third kappa shape index (κ3) is 22.9. The van der Waals surface area contributed by atoms with Crippen LogP contribution in [0.25, 0.3) is 0 Å². The van der Waals surface area contributed by atoms with Crippen molar-refractivity contribution >= 4 is 0 Å². The summed E-state index contributed by atoms with van der Waals surface area (Å²) in [5, 5.41) is 0. The molecule has 0 unspecified atom stereocenters. The number of alkyl halides is 4. The van der Waals surface area contributed by atoms with E-state index in [1.807, 2.05) is 6.92 Å². The second kappa shape index (κ2) is 12.8. The molecule has 0 aliphatic carbocycles. The lowest BCUT2D eigenvalue weighted by Crippen LogP contribution is -2.13. The highest BCUT2D eigenvalue weighted by molar-refractivity contribution is 4.85. The van der Waals surface area contributed by atoms with Gasteiger partial charge in [-0.3, -0.25) is 4.39 Å². The fourth-order valence-electron chi connectivity index (χ4n) is 0.0546. The smallest absolute Gasteiger partial charge is 0.255 e. The third-order valence-corrected chi connectivity index (χ3v) is 0.477. The normalized spacial score (nSPS) is 8.17. The van der Waals surface area contributed by atoms with Gasteiger partial charge in [-0.2, -0.15) is 8.78 Å². The van der Waals surface area contributed by atoms with Crippen LogP contribution in [0, 0.1) is 0 Å². The standard InChI is InChI=1S/C4H5F3.C3H6.CH3F/c1-2-4(6,7)3-5;1-3-2;1-2/h2H,1,3H2;3H,1H2,2H3;1H3. The lowest BCUT2D eigenvalue weighted by Gasteiger charge is -2.01. The van der Waals surface area contributed by atoms with Crippen LogP contribution in [0.15, 0.2) is 25.3 Å². The first kappa shape index (κ1) is 17.3. The van der Waals surface area contributed by atoms with Crippen LogP contribution in [0.3, 0.4) is 0 Å². The zero-order valence-corrected chi connectivity index (χ0v) is 7.29. The fraction of sp³-hybridized carbons (Fsp3) is 0.500. The quantitative estimate of drug-likeness (QED) is 0.457. The van der Waals surface area contributed by atoms with Crippen molar-refractivity contribution in [3.05, 3.63) is 25.3 Å². The summed E-state index contributed by atoms with van der Waals surface area (Å²) < 4.78 is 43.2. The Morgan fingerprint density at radius 1 is 1.25 bits per heavy atom. The molecule has 74 valence electrons. The molecule has 0 aliphatic heterocycles. The van der Waals surface area contributed by atoms with Gasteiger partial charge in [0.15, 0.2) is 6.67 Å². The van der Waals surface area contributed by atoms with Crippen molar-refractivity contribution < 1.29 is 17.6 Å². The van der Waals surface area contributed by atoms with Gasteiger partial charge in [0.25, 0.3) is 5.92 Å². The lowest BCUT2D eigenvalue weighted by molar-refractivity contribution is 0.0280. The Kier molecular flexibility index (Phi) is 18.5. The Hall–Kier alpha value is -0.800. The molecule has 12 heavy (non-hydrogen) atoms. The third-order valence-electron chi connectivity index (χ3n) is 0.477. The van der Waals surface area contributed by atoms with Crippen LogP contribution in [0.2, 0.25) is 0 Å². The maximum Gasteiger partial charge on any atom is 0.294 e. The van der Waals surface area contributed by atoms with Crippen molar-refractivity contribution in [3.63, 3.8) is 0 Å². The van der Waals surface area contributed by atoms with Crippen molar-refractivity contribution in [1.29, 1.82) is 0 Å². The highest BCUT2D eigenvalue weighted by Crippen LogP contribution is 2.13. The molecular weight excluding hydrogens is 172 g/mol. The summed E-state index contributed by atoms with van der Waals surface area (Å²) in [5.41, 5.74) is 0. The average molecular weight is 186 g/mol. The van der Waals surface area contributed by atoms with E-state index in [-0.39, 0.29) is 6.08 Å². The maximum absolute atomic E-state index is 11.4. The van der Waals surface area contributed by atoms with E-state index in [4.69, 9.17) is 0 Å². The molecule has 0 fully saturated rings. The van der Waals surface area contributed by atoms with E-state index >= 15 is 0 Å². The van der Waals surface area contributed by atoms with Crippen LogP contribution < -0.4 is 0 Å². The minimum atomic E-state index is -3.32. The van der Waals surface area contributed by atoms with Crippen LogP contribution in [-0.4, -0.2) is 19.8 Å². The van der Waals surface area contributed by atoms with Crippen LogP contribution >= 0.6 is 0 Å².